The number of ketones is 1. The van der Waals surface area contributed by atoms with Crippen molar-refractivity contribution < 1.29 is 23.6 Å². The van der Waals surface area contributed by atoms with Crippen LogP contribution in [0.1, 0.15) is 70.6 Å². The van der Waals surface area contributed by atoms with Crippen molar-refractivity contribution in [3.63, 3.8) is 0 Å². The van der Waals surface area contributed by atoms with Gasteiger partial charge in [0, 0.05) is 30.7 Å². The Morgan fingerprint density at radius 2 is 1.69 bits per heavy atom. The van der Waals surface area contributed by atoms with Crippen LogP contribution in [0, 0.1) is 5.92 Å². The molecule has 4 N–H and O–H groups in total. The number of esters is 1. The molecule has 4 rings (SSSR count). The van der Waals surface area contributed by atoms with E-state index in [2.05, 4.69) is 4.98 Å². The molecule has 2 atom stereocenters. The lowest BCUT2D eigenvalue weighted by Crippen LogP contribution is -2.41. The van der Waals surface area contributed by atoms with Gasteiger partial charge in [0.2, 0.25) is 0 Å². The Morgan fingerprint density at radius 3 is 2.33 bits per heavy atom. The van der Waals surface area contributed by atoms with Crippen LogP contribution in [-0.4, -0.2) is 47.6 Å². The molecule has 0 radical (unpaired) electrons. The summed E-state index contributed by atoms with van der Waals surface area (Å²) in [5.41, 5.74) is 14.2. The Hall–Kier alpha value is -2.76. The molecule has 1 unspecified atom stereocenters. The maximum absolute atomic E-state index is 13.5. The van der Waals surface area contributed by atoms with Crippen molar-refractivity contribution in [2.45, 2.75) is 84.2 Å². The maximum atomic E-state index is 13.5. The quantitative estimate of drug-likeness (QED) is 0.253. The summed E-state index contributed by atoms with van der Waals surface area (Å²) in [5.74, 6) is -0.696. The Labute approximate surface area is 256 Å². The van der Waals surface area contributed by atoms with Crippen LogP contribution in [0.3, 0.4) is 0 Å². The zero-order chi connectivity index (χ0) is 29.9. The number of fused-ring (bicyclic) bond motifs is 1. The van der Waals surface area contributed by atoms with Gasteiger partial charge in [0.15, 0.2) is 0 Å². The number of aromatic nitrogens is 1. The van der Waals surface area contributed by atoms with Crippen LogP contribution in [0.15, 0.2) is 54.9 Å². The molecule has 1 aliphatic rings. The molecule has 0 bridgehead atoms. The van der Waals surface area contributed by atoms with Crippen LogP contribution in [0.5, 0.6) is 0 Å². The van der Waals surface area contributed by atoms with E-state index >= 15 is 0 Å². The second kappa shape index (κ2) is 13.7. The van der Waals surface area contributed by atoms with Crippen molar-refractivity contribution in [2.75, 3.05) is 6.54 Å². The fourth-order valence-corrected chi connectivity index (χ4v) is 5.03. The van der Waals surface area contributed by atoms with Crippen molar-refractivity contribution in [1.82, 2.24) is 4.98 Å². The lowest BCUT2D eigenvalue weighted by Gasteiger charge is -2.32. The van der Waals surface area contributed by atoms with Crippen molar-refractivity contribution in [2.24, 2.45) is 17.4 Å². The zero-order valence-electron chi connectivity index (χ0n) is 25.5. The average Bonchev–Trinajstić information content (AvgIpc) is 3.13. The molecule has 0 saturated carbocycles. The van der Waals surface area contributed by atoms with Gasteiger partial charge in [-0.15, -0.1) is 0 Å². The van der Waals surface area contributed by atoms with E-state index in [9.17, 15) is 9.59 Å². The van der Waals surface area contributed by atoms with E-state index < -0.39 is 36.2 Å². The molecule has 2 aromatic carbocycles. The van der Waals surface area contributed by atoms with E-state index in [0.717, 1.165) is 27.5 Å². The molecule has 0 spiro atoms. The highest BCUT2D eigenvalue weighted by Crippen LogP contribution is 2.37. The summed E-state index contributed by atoms with van der Waals surface area (Å²) in [6, 6.07) is 12.8. The van der Waals surface area contributed by atoms with Gasteiger partial charge >= 0.3 is 13.1 Å². The molecule has 3 aromatic rings. The van der Waals surface area contributed by atoms with E-state index in [-0.39, 0.29) is 44.8 Å². The number of pyridine rings is 1. The van der Waals surface area contributed by atoms with E-state index in [1.54, 1.807) is 12.4 Å². The minimum atomic E-state index is -0.708. The molecule has 0 amide bonds. The summed E-state index contributed by atoms with van der Waals surface area (Å²) in [5, 5.41) is 2.05. The molecule has 2 heterocycles. The number of carbonyl (C=O) groups is 2. The van der Waals surface area contributed by atoms with Crippen LogP contribution in [-0.2, 0) is 36.7 Å². The smallest absolute Gasteiger partial charge is 0.460 e. The summed E-state index contributed by atoms with van der Waals surface area (Å²) >= 11 is 0. The van der Waals surface area contributed by atoms with Gasteiger partial charge in [0.05, 0.1) is 17.1 Å². The van der Waals surface area contributed by atoms with E-state index in [1.807, 2.05) is 84.0 Å². The number of benzene rings is 2. The highest BCUT2D eigenvalue weighted by Gasteiger charge is 2.52. The number of ether oxygens (including phenoxy) is 1. The molecular formula is C32H44BN3O5S. The summed E-state index contributed by atoms with van der Waals surface area (Å²) < 4.78 is 18.3. The van der Waals surface area contributed by atoms with Gasteiger partial charge in [-0.2, -0.15) is 13.5 Å². The molecule has 226 valence electrons. The van der Waals surface area contributed by atoms with Gasteiger partial charge < -0.3 is 25.5 Å². The van der Waals surface area contributed by atoms with Crippen LogP contribution in [0.4, 0.5) is 0 Å². The maximum Gasteiger partial charge on any atom is 0.495 e. The Morgan fingerprint density at radius 1 is 1.00 bits per heavy atom. The van der Waals surface area contributed by atoms with Crippen LogP contribution >= 0.6 is 13.5 Å². The van der Waals surface area contributed by atoms with E-state index in [1.165, 1.54) is 0 Å². The number of rotatable bonds is 11. The number of carbonyl (C=O) groups excluding carboxylic acids is 2. The lowest BCUT2D eigenvalue weighted by molar-refractivity contribution is -0.146. The summed E-state index contributed by atoms with van der Waals surface area (Å²) in [7, 11) is -0.708. The molecule has 1 saturated heterocycles. The number of nitrogens with two attached hydrogens (primary N) is 2. The monoisotopic (exact) mass is 593 g/mol. The summed E-state index contributed by atoms with van der Waals surface area (Å²) in [6.07, 6.45) is 4.33. The van der Waals surface area contributed by atoms with Crippen molar-refractivity contribution >= 4 is 48.6 Å². The molecule has 42 heavy (non-hydrogen) atoms. The van der Waals surface area contributed by atoms with Gasteiger partial charge in [-0.25, -0.2) is 0 Å². The van der Waals surface area contributed by atoms with Crippen molar-refractivity contribution in [3.8, 4) is 0 Å². The van der Waals surface area contributed by atoms with Crippen LogP contribution in [0.25, 0.3) is 10.8 Å². The number of hydrogen-bond acceptors (Lipinski definition) is 8. The van der Waals surface area contributed by atoms with E-state index in [0.29, 0.717) is 11.9 Å². The first-order valence-electron chi connectivity index (χ1n) is 14.3. The minimum absolute atomic E-state index is 0. The SMILES string of the molecule is CC(C)C[C@H](N)C(=O)OCc1ccc(C(CN)C(=O)Cc2ccc3cnccc3c2)cc1B1OC(C)(C)C(C)(C)O1.S. The minimum Gasteiger partial charge on any atom is -0.460 e. The Bertz CT molecular complexity index is 1400. The standard InChI is InChI=1S/C32H42BN3O5.H2S/c1-20(2)13-28(35)30(38)39-19-25-10-9-23(16-27(25)33-40-31(3,4)32(5,6)41-33)26(17-34)29(37)15-21-7-8-24-18-36-12-11-22(24)14-21;/h7-12,14,16,18,20,26,28H,13,15,17,19,34-35H2,1-6H3;1H2/t26?,28-;/m0./s1. The van der Waals surface area contributed by atoms with Crippen molar-refractivity contribution in [1.29, 1.82) is 0 Å². The van der Waals surface area contributed by atoms with Gasteiger partial charge in [-0.3, -0.25) is 14.6 Å². The predicted octanol–water partition coefficient (Wildman–Crippen LogP) is 3.92. The Kier molecular flexibility index (Phi) is 11.0. The summed E-state index contributed by atoms with van der Waals surface area (Å²) in [6.45, 7) is 12.1. The molecule has 1 fully saturated rings. The Balaban J connectivity index is 0.00000484. The van der Waals surface area contributed by atoms with Gasteiger partial charge in [0.1, 0.15) is 18.4 Å². The normalized spacial score (nSPS) is 17.1. The first-order chi connectivity index (χ1) is 19.3. The zero-order valence-corrected chi connectivity index (χ0v) is 26.5. The second-order valence-corrected chi connectivity index (χ2v) is 12.4. The molecule has 8 nitrogen and oxygen atoms in total. The van der Waals surface area contributed by atoms with Crippen LogP contribution in [0.2, 0.25) is 0 Å². The average molecular weight is 594 g/mol. The first-order valence-corrected chi connectivity index (χ1v) is 14.3. The van der Waals surface area contributed by atoms with Crippen molar-refractivity contribution in [3.05, 3.63) is 71.5 Å². The topological polar surface area (TPSA) is 127 Å². The van der Waals surface area contributed by atoms with E-state index in [4.69, 9.17) is 25.5 Å². The second-order valence-electron chi connectivity index (χ2n) is 12.4. The highest BCUT2D eigenvalue weighted by molar-refractivity contribution is 7.59. The van der Waals surface area contributed by atoms with Crippen LogP contribution < -0.4 is 16.9 Å². The van der Waals surface area contributed by atoms with Gasteiger partial charge in [-0.05, 0) is 73.6 Å². The predicted molar refractivity (Wildman–Crippen MR) is 172 cm³/mol. The number of Topliss-reactive ketones (excluding diaryl/α,β-unsaturated/α-hetero) is 1. The third kappa shape index (κ3) is 7.60. The highest BCUT2D eigenvalue weighted by atomic mass is 32.1. The third-order valence-electron chi connectivity index (χ3n) is 8.19. The molecule has 1 aromatic heterocycles. The third-order valence-corrected chi connectivity index (χ3v) is 8.19. The summed E-state index contributed by atoms with van der Waals surface area (Å²) in [4.78, 5) is 30.3. The number of hydrogen-bond donors (Lipinski definition) is 2. The van der Waals surface area contributed by atoms with Gasteiger partial charge in [-0.1, -0.05) is 50.2 Å². The lowest BCUT2D eigenvalue weighted by atomic mass is 9.74. The molecule has 0 aliphatic carbocycles. The first kappa shape index (κ1) is 33.7. The van der Waals surface area contributed by atoms with Gasteiger partial charge in [0.25, 0.3) is 0 Å². The largest absolute Gasteiger partial charge is 0.495 e. The fourth-order valence-electron chi connectivity index (χ4n) is 5.03. The fraction of sp³-hybridized carbons (Fsp3) is 0.469. The molecule has 10 heteroatoms. The molecule has 1 aliphatic heterocycles. The molecular weight excluding hydrogens is 549 g/mol. The number of nitrogens with zero attached hydrogens (tertiary/aromatic N) is 1.